The molecular formula is C14H21BrN4. The Morgan fingerprint density at radius 2 is 2.16 bits per heavy atom. The first-order valence-electron chi connectivity index (χ1n) is 6.73. The third-order valence-corrected chi connectivity index (χ3v) is 4.21. The van der Waals surface area contributed by atoms with Crippen LogP contribution in [0, 0.1) is 0 Å². The summed E-state index contributed by atoms with van der Waals surface area (Å²) in [5.74, 6) is 0. The molecule has 19 heavy (non-hydrogen) atoms. The Morgan fingerprint density at radius 1 is 1.37 bits per heavy atom. The number of halogens is 1. The molecule has 2 rings (SSSR count). The Labute approximate surface area is 122 Å². The Kier molecular flexibility index (Phi) is 4.82. The number of aryl methyl sites for hydroxylation is 2. The molecule has 0 aliphatic heterocycles. The minimum atomic E-state index is 0.853. The van der Waals surface area contributed by atoms with Crippen LogP contribution in [0.5, 0.6) is 0 Å². The van der Waals surface area contributed by atoms with Crippen LogP contribution >= 0.6 is 15.9 Å². The first kappa shape index (κ1) is 14.3. The molecule has 0 aromatic carbocycles. The zero-order valence-corrected chi connectivity index (χ0v) is 13.4. The molecule has 0 aliphatic carbocycles. The van der Waals surface area contributed by atoms with Gasteiger partial charge in [0, 0.05) is 25.0 Å². The second-order valence-electron chi connectivity index (χ2n) is 4.53. The predicted molar refractivity (Wildman–Crippen MR) is 81.3 cm³/mol. The molecule has 0 bridgehead atoms. The van der Waals surface area contributed by atoms with E-state index in [2.05, 4.69) is 67.8 Å². The van der Waals surface area contributed by atoms with E-state index in [-0.39, 0.29) is 0 Å². The van der Waals surface area contributed by atoms with Gasteiger partial charge in [0.25, 0.3) is 0 Å². The maximum absolute atomic E-state index is 4.64. The highest BCUT2D eigenvalue weighted by molar-refractivity contribution is 9.10. The van der Waals surface area contributed by atoms with E-state index < -0.39 is 0 Å². The van der Waals surface area contributed by atoms with Crippen molar-refractivity contribution in [1.29, 1.82) is 0 Å². The van der Waals surface area contributed by atoms with Gasteiger partial charge in [0.05, 0.1) is 22.4 Å². The number of nitrogens with zero attached hydrogens (tertiary/aromatic N) is 3. The monoisotopic (exact) mass is 324 g/mol. The molecule has 0 unspecified atom stereocenters. The Balaban J connectivity index is 2.32. The quantitative estimate of drug-likeness (QED) is 0.886. The number of nitrogens with one attached hydrogen (secondary N) is 1. The summed E-state index contributed by atoms with van der Waals surface area (Å²) < 4.78 is 5.51. The lowest BCUT2D eigenvalue weighted by Crippen LogP contribution is -2.13. The highest BCUT2D eigenvalue weighted by Gasteiger charge is 2.14. The van der Waals surface area contributed by atoms with Crippen LogP contribution < -0.4 is 5.32 Å². The van der Waals surface area contributed by atoms with E-state index in [1.165, 1.54) is 11.4 Å². The second-order valence-corrected chi connectivity index (χ2v) is 5.33. The molecule has 2 aromatic rings. The van der Waals surface area contributed by atoms with Crippen LogP contribution in [0.1, 0.15) is 30.9 Å². The zero-order valence-electron chi connectivity index (χ0n) is 11.8. The van der Waals surface area contributed by atoms with Crippen molar-refractivity contribution in [2.75, 3.05) is 7.05 Å². The molecule has 5 heteroatoms. The maximum atomic E-state index is 4.64. The molecule has 0 radical (unpaired) electrons. The topological polar surface area (TPSA) is 34.8 Å². The van der Waals surface area contributed by atoms with E-state index in [1.54, 1.807) is 0 Å². The van der Waals surface area contributed by atoms with Crippen molar-refractivity contribution in [3.05, 3.63) is 39.9 Å². The van der Waals surface area contributed by atoms with Gasteiger partial charge in [0.2, 0.25) is 0 Å². The van der Waals surface area contributed by atoms with Crippen molar-refractivity contribution in [3.8, 4) is 0 Å². The van der Waals surface area contributed by atoms with Crippen molar-refractivity contribution < 1.29 is 0 Å². The van der Waals surface area contributed by atoms with Crippen LogP contribution in [0.15, 0.2) is 22.8 Å². The summed E-state index contributed by atoms with van der Waals surface area (Å²) >= 11 is 3.70. The molecule has 0 amide bonds. The standard InChI is InChI=1S/C14H21BrN4/c1-4-12-14(15)13(19(5-2)17-12)10-18-8-6-7-11(18)9-16-3/h6-8,16H,4-5,9-10H2,1-3H3. The summed E-state index contributed by atoms with van der Waals surface area (Å²) in [6.07, 6.45) is 3.08. The number of hydrogen-bond acceptors (Lipinski definition) is 2. The SMILES string of the molecule is CCc1nn(CC)c(Cn2cccc2CNC)c1Br. The summed E-state index contributed by atoms with van der Waals surface area (Å²) in [7, 11) is 1.97. The number of rotatable bonds is 6. The predicted octanol–water partition coefficient (Wildman–Crippen LogP) is 2.80. The summed E-state index contributed by atoms with van der Waals surface area (Å²) in [5, 5.41) is 7.84. The zero-order chi connectivity index (χ0) is 13.8. The van der Waals surface area contributed by atoms with Crippen LogP contribution in [0.25, 0.3) is 0 Å². The molecule has 4 nitrogen and oxygen atoms in total. The van der Waals surface area contributed by atoms with Crippen LogP contribution in [0.3, 0.4) is 0 Å². The van der Waals surface area contributed by atoms with E-state index in [1.807, 2.05) is 7.05 Å². The van der Waals surface area contributed by atoms with Gasteiger partial charge in [-0.05, 0) is 48.5 Å². The molecule has 1 N–H and O–H groups in total. The molecule has 2 aromatic heterocycles. The Morgan fingerprint density at radius 3 is 2.79 bits per heavy atom. The first-order valence-corrected chi connectivity index (χ1v) is 7.53. The fraction of sp³-hybridized carbons (Fsp3) is 0.500. The van der Waals surface area contributed by atoms with E-state index in [0.717, 1.165) is 36.2 Å². The molecule has 0 saturated heterocycles. The lowest BCUT2D eigenvalue weighted by Gasteiger charge is -2.11. The minimum absolute atomic E-state index is 0.853. The van der Waals surface area contributed by atoms with Crippen LogP contribution in [0.2, 0.25) is 0 Å². The molecule has 0 spiro atoms. The van der Waals surface area contributed by atoms with Gasteiger partial charge in [-0.25, -0.2) is 0 Å². The maximum Gasteiger partial charge on any atom is 0.0767 e. The van der Waals surface area contributed by atoms with Crippen LogP contribution in [0.4, 0.5) is 0 Å². The van der Waals surface area contributed by atoms with E-state index in [4.69, 9.17) is 0 Å². The molecule has 0 atom stereocenters. The summed E-state index contributed by atoms with van der Waals surface area (Å²) in [4.78, 5) is 0. The van der Waals surface area contributed by atoms with E-state index >= 15 is 0 Å². The highest BCUT2D eigenvalue weighted by atomic mass is 79.9. The average molecular weight is 325 g/mol. The van der Waals surface area contributed by atoms with Gasteiger partial charge in [-0.1, -0.05) is 6.92 Å². The van der Waals surface area contributed by atoms with E-state index in [0.29, 0.717) is 0 Å². The fourth-order valence-electron chi connectivity index (χ4n) is 2.28. The smallest absolute Gasteiger partial charge is 0.0767 e. The van der Waals surface area contributed by atoms with Gasteiger partial charge in [0.15, 0.2) is 0 Å². The second kappa shape index (κ2) is 6.39. The average Bonchev–Trinajstić information content (AvgIpc) is 2.97. The third kappa shape index (κ3) is 2.92. The van der Waals surface area contributed by atoms with Crippen molar-refractivity contribution >= 4 is 15.9 Å². The number of aromatic nitrogens is 3. The highest BCUT2D eigenvalue weighted by Crippen LogP contribution is 2.23. The van der Waals surface area contributed by atoms with E-state index in [9.17, 15) is 0 Å². The summed E-state index contributed by atoms with van der Waals surface area (Å²) in [6.45, 7) is 6.90. The van der Waals surface area contributed by atoms with Crippen molar-refractivity contribution in [2.45, 2.75) is 39.9 Å². The van der Waals surface area contributed by atoms with Gasteiger partial charge < -0.3 is 9.88 Å². The first-order chi connectivity index (χ1) is 9.21. The molecule has 2 heterocycles. The molecule has 104 valence electrons. The summed E-state index contributed by atoms with van der Waals surface area (Å²) in [6, 6.07) is 4.24. The molecule has 0 fully saturated rings. The Bertz CT molecular complexity index is 542. The fourth-order valence-corrected chi connectivity index (χ4v) is 2.96. The molecule has 0 saturated carbocycles. The van der Waals surface area contributed by atoms with Gasteiger partial charge in [-0.3, -0.25) is 4.68 Å². The van der Waals surface area contributed by atoms with Gasteiger partial charge in [0.1, 0.15) is 0 Å². The van der Waals surface area contributed by atoms with Crippen molar-refractivity contribution in [2.24, 2.45) is 0 Å². The van der Waals surface area contributed by atoms with Gasteiger partial charge in [-0.2, -0.15) is 5.10 Å². The van der Waals surface area contributed by atoms with Crippen LogP contribution in [-0.2, 0) is 26.1 Å². The Hall–Kier alpha value is -1.07. The third-order valence-electron chi connectivity index (χ3n) is 3.30. The lowest BCUT2D eigenvalue weighted by molar-refractivity contribution is 0.584. The number of hydrogen-bond donors (Lipinski definition) is 1. The summed E-state index contributed by atoms with van der Waals surface area (Å²) in [5.41, 5.74) is 3.67. The van der Waals surface area contributed by atoms with Crippen molar-refractivity contribution in [3.63, 3.8) is 0 Å². The largest absolute Gasteiger partial charge is 0.344 e. The van der Waals surface area contributed by atoms with Crippen LogP contribution in [-0.4, -0.2) is 21.4 Å². The lowest BCUT2D eigenvalue weighted by atomic mass is 10.3. The molecular weight excluding hydrogens is 304 g/mol. The molecule has 0 aliphatic rings. The minimum Gasteiger partial charge on any atom is -0.344 e. The van der Waals surface area contributed by atoms with Gasteiger partial charge >= 0.3 is 0 Å². The van der Waals surface area contributed by atoms with Crippen molar-refractivity contribution in [1.82, 2.24) is 19.7 Å². The normalized spacial score (nSPS) is 11.2. The van der Waals surface area contributed by atoms with Gasteiger partial charge in [-0.15, -0.1) is 0 Å².